The zero-order valence-electron chi connectivity index (χ0n) is 10.3. The molecule has 20 heavy (non-hydrogen) atoms. The second-order valence-electron chi connectivity index (χ2n) is 3.91. The van der Waals surface area contributed by atoms with Gasteiger partial charge in [-0.25, -0.2) is 4.83 Å². The van der Waals surface area contributed by atoms with Crippen LogP contribution < -0.4 is 4.83 Å². The maximum atomic E-state index is 11.8. The van der Waals surface area contributed by atoms with Crippen molar-refractivity contribution in [1.29, 1.82) is 0 Å². The highest BCUT2D eigenvalue weighted by Crippen LogP contribution is 2.20. The first kappa shape index (κ1) is 13.9. The summed E-state index contributed by atoms with van der Waals surface area (Å²) >= 11 is 0. The molecular formula is C13H12N2O4S. The number of hydrogen-bond acceptors (Lipinski definition) is 5. The molecule has 2 aromatic carbocycles. The molecule has 3 N–H and O–H groups in total. The van der Waals surface area contributed by atoms with Crippen molar-refractivity contribution in [2.45, 2.75) is 4.90 Å². The van der Waals surface area contributed by atoms with Crippen LogP contribution in [0.3, 0.4) is 0 Å². The van der Waals surface area contributed by atoms with Gasteiger partial charge in [0.15, 0.2) is 0 Å². The Hall–Kier alpha value is -2.54. The maximum absolute atomic E-state index is 11.8. The van der Waals surface area contributed by atoms with E-state index < -0.39 is 10.0 Å². The highest BCUT2D eigenvalue weighted by Gasteiger charge is 2.11. The van der Waals surface area contributed by atoms with Crippen LogP contribution in [0.2, 0.25) is 0 Å². The van der Waals surface area contributed by atoms with Crippen LogP contribution in [-0.4, -0.2) is 24.8 Å². The summed E-state index contributed by atoms with van der Waals surface area (Å²) in [4.78, 5) is 2.12. The number of hydrazone groups is 1. The molecule has 0 fully saturated rings. The van der Waals surface area contributed by atoms with E-state index in [-0.39, 0.29) is 22.0 Å². The molecule has 2 rings (SSSR count). The van der Waals surface area contributed by atoms with Crippen LogP contribution in [0.5, 0.6) is 11.5 Å². The van der Waals surface area contributed by atoms with Crippen molar-refractivity contribution in [3.63, 3.8) is 0 Å². The number of phenols is 2. The molecule has 0 aliphatic heterocycles. The van der Waals surface area contributed by atoms with Crippen molar-refractivity contribution in [1.82, 2.24) is 4.83 Å². The van der Waals surface area contributed by atoms with E-state index in [0.717, 1.165) is 12.3 Å². The number of nitrogens with zero attached hydrogens (tertiary/aromatic N) is 1. The standard InChI is InChI=1S/C13H12N2O4S/c16-11-7-6-10(13(17)8-11)9-14-15-20(18,19)12-4-2-1-3-5-12/h1-9,15-17H. The highest BCUT2D eigenvalue weighted by molar-refractivity contribution is 7.89. The van der Waals surface area contributed by atoms with Gasteiger partial charge in [-0.15, -0.1) is 0 Å². The molecule has 104 valence electrons. The molecule has 0 saturated heterocycles. The van der Waals surface area contributed by atoms with Crippen molar-refractivity contribution in [2.24, 2.45) is 5.10 Å². The molecule has 0 heterocycles. The van der Waals surface area contributed by atoms with Gasteiger partial charge in [-0.05, 0) is 24.3 Å². The van der Waals surface area contributed by atoms with E-state index in [1.807, 2.05) is 4.83 Å². The van der Waals surface area contributed by atoms with E-state index in [1.165, 1.54) is 24.3 Å². The summed E-state index contributed by atoms with van der Waals surface area (Å²) < 4.78 is 23.7. The van der Waals surface area contributed by atoms with Gasteiger partial charge in [0.05, 0.1) is 11.1 Å². The van der Waals surface area contributed by atoms with Crippen LogP contribution in [0.4, 0.5) is 0 Å². The zero-order valence-corrected chi connectivity index (χ0v) is 11.1. The van der Waals surface area contributed by atoms with E-state index in [9.17, 15) is 13.5 Å². The lowest BCUT2D eigenvalue weighted by molar-refractivity contribution is 0.450. The second-order valence-corrected chi connectivity index (χ2v) is 5.57. The third-order valence-corrected chi connectivity index (χ3v) is 3.68. The van der Waals surface area contributed by atoms with Gasteiger partial charge in [0.2, 0.25) is 0 Å². The fourth-order valence-corrected chi connectivity index (χ4v) is 2.27. The molecule has 2 aromatic rings. The predicted octanol–water partition coefficient (Wildman–Crippen LogP) is 1.41. The van der Waals surface area contributed by atoms with Gasteiger partial charge in [-0.1, -0.05) is 18.2 Å². The van der Waals surface area contributed by atoms with Gasteiger partial charge in [0, 0.05) is 11.6 Å². The fraction of sp³-hybridized carbons (Fsp3) is 0. The minimum Gasteiger partial charge on any atom is -0.508 e. The number of benzene rings is 2. The Labute approximate surface area is 116 Å². The molecule has 0 radical (unpaired) electrons. The van der Waals surface area contributed by atoms with Crippen LogP contribution in [0.15, 0.2) is 58.5 Å². The molecule has 0 aliphatic carbocycles. The smallest absolute Gasteiger partial charge is 0.276 e. The molecule has 0 amide bonds. The minimum atomic E-state index is -3.73. The number of sulfonamides is 1. The summed E-state index contributed by atoms with van der Waals surface area (Å²) in [6, 6.07) is 11.7. The predicted molar refractivity (Wildman–Crippen MR) is 74.1 cm³/mol. The second kappa shape index (κ2) is 5.62. The lowest BCUT2D eigenvalue weighted by Gasteiger charge is -2.03. The summed E-state index contributed by atoms with van der Waals surface area (Å²) in [6.07, 6.45) is 1.15. The first-order valence-electron chi connectivity index (χ1n) is 5.61. The van der Waals surface area contributed by atoms with Crippen molar-refractivity contribution in [2.75, 3.05) is 0 Å². The number of aromatic hydroxyl groups is 2. The quantitative estimate of drug-likeness (QED) is 0.586. The molecule has 0 aromatic heterocycles. The molecule has 0 unspecified atom stereocenters. The van der Waals surface area contributed by atoms with Gasteiger partial charge in [0.1, 0.15) is 11.5 Å². The molecule has 0 aliphatic rings. The van der Waals surface area contributed by atoms with Crippen LogP contribution in [0, 0.1) is 0 Å². The minimum absolute atomic E-state index is 0.0899. The summed E-state index contributed by atoms with van der Waals surface area (Å²) in [5.74, 6) is -0.294. The summed E-state index contributed by atoms with van der Waals surface area (Å²) in [6.45, 7) is 0. The number of rotatable bonds is 4. The third kappa shape index (κ3) is 3.27. The Bertz CT molecular complexity index is 727. The lowest BCUT2D eigenvalue weighted by atomic mass is 10.2. The highest BCUT2D eigenvalue weighted by atomic mass is 32.2. The van der Waals surface area contributed by atoms with Gasteiger partial charge in [0.25, 0.3) is 10.0 Å². The van der Waals surface area contributed by atoms with E-state index in [0.29, 0.717) is 0 Å². The van der Waals surface area contributed by atoms with Crippen LogP contribution >= 0.6 is 0 Å². The molecule has 6 nitrogen and oxygen atoms in total. The fourth-order valence-electron chi connectivity index (χ4n) is 1.46. The zero-order chi connectivity index (χ0) is 14.6. The average molecular weight is 292 g/mol. The van der Waals surface area contributed by atoms with Crippen molar-refractivity contribution < 1.29 is 18.6 Å². The summed E-state index contributed by atoms with van der Waals surface area (Å²) in [5, 5.41) is 22.2. The van der Waals surface area contributed by atoms with Gasteiger partial charge < -0.3 is 10.2 Å². The first-order valence-corrected chi connectivity index (χ1v) is 7.09. The molecular weight excluding hydrogens is 280 g/mol. The number of nitrogens with one attached hydrogen (secondary N) is 1. The molecule has 0 saturated carbocycles. The van der Waals surface area contributed by atoms with Crippen molar-refractivity contribution in [3.8, 4) is 11.5 Å². The number of phenolic OH excluding ortho intramolecular Hbond substituents is 2. The van der Waals surface area contributed by atoms with E-state index >= 15 is 0 Å². The Kier molecular flexibility index (Phi) is 3.90. The van der Waals surface area contributed by atoms with Crippen LogP contribution in [-0.2, 0) is 10.0 Å². The van der Waals surface area contributed by atoms with Gasteiger partial charge >= 0.3 is 0 Å². The Morgan fingerprint density at radius 3 is 2.40 bits per heavy atom. The van der Waals surface area contributed by atoms with E-state index in [1.54, 1.807) is 18.2 Å². The monoisotopic (exact) mass is 292 g/mol. The average Bonchev–Trinajstić information content (AvgIpc) is 2.42. The molecule has 0 atom stereocenters. The number of hydrogen-bond donors (Lipinski definition) is 3. The molecule has 7 heteroatoms. The summed E-state index contributed by atoms with van der Waals surface area (Å²) in [7, 11) is -3.73. The SMILES string of the molecule is O=S(=O)(NN=Cc1ccc(O)cc1O)c1ccccc1. The molecule has 0 spiro atoms. The van der Waals surface area contributed by atoms with Crippen molar-refractivity contribution in [3.05, 3.63) is 54.1 Å². The largest absolute Gasteiger partial charge is 0.508 e. The Balaban J connectivity index is 2.14. The van der Waals surface area contributed by atoms with Crippen LogP contribution in [0.25, 0.3) is 0 Å². The topological polar surface area (TPSA) is 99.0 Å². The lowest BCUT2D eigenvalue weighted by Crippen LogP contribution is -2.18. The normalized spacial score (nSPS) is 11.6. The van der Waals surface area contributed by atoms with E-state index in [4.69, 9.17) is 5.11 Å². The first-order chi connectivity index (χ1) is 9.49. The van der Waals surface area contributed by atoms with Gasteiger partial charge in [-0.3, -0.25) is 0 Å². The third-order valence-electron chi connectivity index (χ3n) is 2.44. The Morgan fingerprint density at radius 1 is 1.05 bits per heavy atom. The van der Waals surface area contributed by atoms with E-state index in [2.05, 4.69) is 5.10 Å². The Morgan fingerprint density at radius 2 is 1.75 bits per heavy atom. The summed E-state index contributed by atoms with van der Waals surface area (Å²) in [5.41, 5.74) is 0.276. The molecule has 0 bridgehead atoms. The maximum Gasteiger partial charge on any atom is 0.276 e. The van der Waals surface area contributed by atoms with Crippen molar-refractivity contribution >= 4 is 16.2 Å². The van der Waals surface area contributed by atoms with Crippen LogP contribution in [0.1, 0.15) is 5.56 Å². The van der Waals surface area contributed by atoms with Gasteiger partial charge in [-0.2, -0.15) is 13.5 Å².